The van der Waals surface area contributed by atoms with Crippen molar-refractivity contribution in [2.24, 2.45) is 0 Å². The average Bonchev–Trinajstić information content (AvgIpc) is 4.15. The van der Waals surface area contributed by atoms with E-state index in [9.17, 15) is 0 Å². The summed E-state index contributed by atoms with van der Waals surface area (Å²) in [6, 6.07) is 89.6. The van der Waals surface area contributed by atoms with E-state index in [4.69, 9.17) is 9.72 Å². The zero-order valence-electron chi connectivity index (χ0n) is 42.5. The maximum absolute atomic E-state index is 6.86. The van der Waals surface area contributed by atoms with Crippen molar-refractivity contribution in [2.75, 3.05) is 9.80 Å². The summed E-state index contributed by atoms with van der Waals surface area (Å²) in [6.45, 7) is 8.95. The van der Waals surface area contributed by atoms with Gasteiger partial charge >= 0.3 is 0 Å². The van der Waals surface area contributed by atoms with Crippen LogP contribution in [0.1, 0.15) is 26.3 Å². The van der Waals surface area contributed by atoms with E-state index in [2.05, 4.69) is 266 Å². The molecule has 0 saturated heterocycles. The number of thiophene rings is 1. The van der Waals surface area contributed by atoms with E-state index in [1.807, 2.05) is 35.7 Å². The smallest absolute Gasteiger partial charge is 0.135 e. The Morgan fingerprint density at radius 2 is 1.05 bits per heavy atom. The molecule has 13 aromatic rings. The van der Waals surface area contributed by atoms with Crippen molar-refractivity contribution in [3.63, 3.8) is 0 Å². The Hall–Kier alpha value is -8.54. The average molecular weight is 1190 g/mol. The van der Waals surface area contributed by atoms with Crippen molar-refractivity contribution in [1.29, 1.82) is 0 Å². The second kappa shape index (κ2) is 19.5. The van der Waals surface area contributed by atoms with Crippen LogP contribution < -0.4 is 14.5 Å². The molecule has 0 bridgehead atoms. The largest absolute Gasteiger partial charge is 0.509 e. The van der Waals surface area contributed by atoms with Crippen molar-refractivity contribution < 1.29 is 25.8 Å². The van der Waals surface area contributed by atoms with Gasteiger partial charge in [0.2, 0.25) is 0 Å². The van der Waals surface area contributed by atoms with Crippen molar-refractivity contribution in [3.05, 3.63) is 261 Å². The molecule has 0 aliphatic carbocycles. The monoisotopic (exact) mass is 1190 g/mol. The molecule has 7 heteroatoms. The molecule has 374 valence electrons. The van der Waals surface area contributed by atoms with Gasteiger partial charge in [-0.2, -0.15) is 12.1 Å². The first kappa shape index (κ1) is 48.1. The molecule has 0 fully saturated rings. The minimum absolute atomic E-state index is 0. The van der Waals surface area contributed by atoms with Gasteiger partial charge in [0.25, 0.3) is 0 Å². The Kier molecular flexibility index (Phi) is 12.2. The Balaban J connectivity index is 0.00000566. The maximum Gasteiger partial charge on any atom is 0.135 e. The predicted molar refractivity (Wildman–Crippen MR) is 318 cm³/mol. The number of para-hydroxylation sites is 3. The first-order valence-electron chi connectivity index (χ1n) is 25.8. The van der Waals surface area contributed by atoms with Crippen LogP contribution in [0, 0.1) is 18.8 Å². The molecule has 1 aliphatic rings. The molecule has 4 heterocycles. The van der Waals surface area contributed by atoms with Crippen LogP contribution in [0.5, 0.6) is 11.5 Å². The molecule has 0 unspecified atom stereocenters. The molecule has 14 rings (SSSR count). The van der Waals surface area contributed by atoms with Gasteiger partial charge in [0.1, 0.15) is 5.82 Å². The van der Waals surface area contributed by atoms with Crippen LogP contribution in [0.3, 0.4) is 0 Å². The van der Waals surface area contributed by atoms with E-state index in [0.29, 0.717) is 11.5 Å². The molecular formula is C70H49N4OPtS-3. The topological polar surface area (TPSA) is 33.5 Å². The predicted octanol–water partition coefficient (Wildman–Crippen LogP) is 19.3. The summed E-state index contributed by atoms with van der Waals surface area (Å²) in [6.07, 6.45) is 1.93. The molecule has 0 N–H and O–H groups in total. The summed E-state index contributed by atoms with van der Waals surface area (Å²) in [7, 11) is 0. The summed E-state index contributed by atoms with van der Waals surface area (Å²) in [5.41, 5.74) is 16.3. The Morgan fingerprint density at radius 1 is 0.481 bits per heavy atom. The molecule has 1 aliphatic heterocycles. The van der Waals surface area contributed by atoms with Gasteiger partial charge in [0.05, 0.1) is 5.52 Å². The van der Waals surface area contributed by atoms with Crippen LogP contribution >= 0.6 is 11.3 Å². The van der Waals surface area contributed by atoms with Crippen molar-refractivity contribution in [2.45, 2.75) is 26.2 Å². The minimum atomic E-state index is -0.0722. The zero-order chi connectivity index (χ0) is 50.9. The number of anilines is 4. The summed E-state index contributed by atoms with van der Waals surface area (Å²) in [4.78, 5) is 9.64. The summed E-state index contributed by atoms with van der Waals surface area (Å²) >= 11 is 1.82. The first-order valence-corrected chi connectivity index (χ1v) is 26.6. The van der Waals surface area contributed by atoms with Crippen LogP contribution in [-0.2, 0) is 26.5 Å². The molecule has 5 nitrogen and oxygen atoms in total. The van der Waals surface area contributed by atoms with E-state index >= 15 is 0 Å². The number of nitrogens with zero attached hydrogens (tertiary/aromatic N) is 4. The third kappa shape index (κ3) is 8.40. The van der Waals surface area contributed by atoms with Crippen LogP contribution in [-0.4, -0.2) is 9.55 Å². The molecule has 0 spiro atoms. The van der Waals surface area contributed by atoms with Gasteiger partial charge in [-0.05, 0) is 86.1 Å². The number of fused-ring (bicyclic) bond motifs is 8. The summed E-state index contributed by atoms with van der Waals surface area (Å²) in [5, 5.41) is 4.69. The molecule has 3 aromatic heterocycles. The molecule has 77 heavy (non-hydrogen) atoms. The number of rotatable bonds is 9. The van der Waals surface area contributed by atoms with Gasteiger partial charge in [-0.1, -0.05) is 190 Å². The van der Waals surface area contributed by atoms with E-state index in [1.54, 1.807) is 0 Å². The van der Waals surface area contributed by atoms with Gasteiger partial charge in [-0.25, -0.2) is 4.98 Å². The third-order valence-electron chi connectivity index (χ3n) is 14.7. The Bertz CT molecular complexity index is 4270. The van der Waals surface area contributed by atoms with Crippen LogP contribution in [0.25, 0.3) is 92.3 Å². The van der Waals surface area contributed by atoms with Gasteiger partial charge in [-0.15, -0.1) is 59.4 Å². The van der Waals surface area contributed by atoms with Gasteiger partial charge in [-0.3, -0.25) is 0 Å². The normalized spacial score (nSPS) is 12.4. The second-order valence-corrected chi connectivity index (χ2v) is 21.5. The van der Waals surface area contributed by atoms with Crippen LogP contribution in [0.15, 0.2) is 237 Å². The number of aromatic nitrogens is 2. The number of hydrogen-bond donors (Lipinski definition) is 0. The van der Waals surface area contributed by atoms with E-state index in [0.717, 1.165) is 83.8 Å². The first-order chi connectivity index (χ1) is 37.3. The quantitative estimate of drug-likeness (QED) is 0.135. The Morgan fingerprint density at radius 3 is 1.74 bits per heavy atom. The molecule has 0 amide bonds. The number of ether oxygens (including phenoxy) is 1. The molecule has 0 radical (unpaired) electrons. The van der Waals surface area contributed by atoms with Crippen LogP contribution in [0.4, 0.5) is 22.7 Å². The molecule has 0 atom stereocenters. The zero-order valence-corrected chi connectivity index (χ0v) is 45.6. The van der Waals surface area contributed by atoms with Gasteiger partial charge < -0.3 is 19.1 Å². The SMILES string of the molecule is CC(C)(C)c1ccnc(-n2c3[c-]c(Oc4[c-]c(N5[CH-]N(c6c(-c7ccccc7-c7ccccc7)cccc6-c6ccccc6-c6ccccc6)c6ccccc65)ccc4)ccc3c3ccc4sc5ccccc5c4c32)c1.[Pt]. The van der Waals surface area contributed by atoms with E-state index < -0.39 is 0 Å². The standard InChI is InChI=1S/C70H49N4OS.Pt/c1-70(2,3)48-40-41-71-66(42-48)74-63-44-51(36-37-56(63)59-38-39-65-67(69(59)74)60-30-14-17-35-64(60)76-65)75-50-25-18-24-49(43-50)72-45-73(62-34-16-15-33-61(62)72)68-57(54-28-12-10-26-52(54)46-20-6-4-7-21-46)31-19-32-58(68)55-29-13-11-27-53(55)47-22-8-5-9-23-47;/h4-42,45H,1-3H3;/q-3;. The second-order valence-electron chi connectivity index (χ2n) is 20.4. The minimum Gasteiger partial charge on any atom is -0.509 e. The van der Waals surface area contributed by atoms with Crippen molar-refractivity contribution in [1.82, 2.24) is 9.55 Å². The molecular weight excluding hydrogens is 1140 g/mol. The van der Waals surface area contributed by atoms with Crippen molar-refractivity contribution >= 4 is 76.1 Å². The number of hydrogen-bond acceptors (Lipinski definition) is 5. The summed E-state index contributed by atoms with van der Waals surface area (Å²) < 4.78 is 11.6. The fourth-order valence-corrected chi connectivity index (χ4v) is 12.3. The number of pyridine rings is 1. The fraction of sp³-hybridized carbons (Fsp3) is 0.0571. The molecule has 0 saturated carbocycles. The van der Waals surface area contributed by atoms with Gasteiger partial charge in [0, 0.05) is 87.1 Å². The third-order valence-corrected chi connectivity index (χ3v) is 15.9. The van der Waals surface area contributed by atoms with Gasteiger partial charge in [0.15, 0.2) is 0 Å². The molecule has 10 aromatic carbocycles. The van der Waals surface area contributed by atoms with E-state index in [-0.39, 0.29) is 26.5 Å². The fourth-order valence-electron chi connectivity index (χ4n) is 11.2. The number of benzene rings is 10. The summed E-state index contributed by atoms with van der Waals surface area (Å²) in [5.74, 6) is 2.01. The Labute approximate surface area is 467 Å². The maximum atomic E-state index is 6.86. The van der Waals surface area contributed by atoms with E-state index in [1.165, 1.54) is 36.9 Å². The van der Waals surface area contributed by atoms with Crippen molar-refractivity contribution in [3.8, 4) is 61.8 Å². The van der Waals surface area contributed by atoms with Crippen LogP contribution in [0.2, 0.25) is 0 Å².